The van der Waals surface area contributed by atoms with Gasteiger partial charge in [-0.1, -0.05) is 18.2 Å². The van der Waals surface area contributed by atoms with Crippen molar-refractivity contribution in [1.29, 1.82) is 0 Å². The van der Waals surface area contributed by atoms with Gasteiger partial charge in [-0.2, -0.15) is 0 Å². The zero-order valence-corrected chi connectivity index (χ0v) is 15.7. The van der Waals surface area contributed by atoms with Crippen LogP contribution in [0.3, 0.4) is 0 Å². The third-order valence-corrected chi connectivity index (χ3v) is 5.87. The molecule has 2 fully saturated rings. The molecule has 2 aliphatic rings. The number of oxazole rings is 1. The van der Waals surface area contributed by atoms with Crippen molar-refractivity contribution in [2.45, 2.75) is 57.2 Å². The van der Waals surface area contributed by atoms with E-state index in [1.54, 1.807) is 6.26 Å². The van der Waals surface area contributed by atoms with Crippen molar-refractivity contribution >= 4 is 0 Å². The van der Waals surface area contributed by atoms with E-state index in [0.717, 1.165) is 43.7 Å². The first kappa shape index (κ1) is 18.6. The molecule has 1 aliphatic carbocycles. The van der Waals surface area contributed by atoms with Crippen LogP contribution in [0.5, 0.6) is 0 Å². The van der Waals surface area contributed by atoms with Gasteiger partial charge < -0.3 is 9.73 Å². The SMILES string of the molecule is CC(NC1CCN(Cc2coc(-c3ccccc3)n2)CC1)C1CC(F)(F)C1. The fraction of sp³-hybridized carbons (Fsp3) is 0.571. The number of nitrogens with one attached hydrogen (secondary N) is 1. The lowest BCUT2D eigenvalue weighted by Gasteiger charge is -2.41. The van der Waals surface area contributed by atoms with Crippen molar-refractivity contribution in [1.82, 2.24) is 15.2 Å². The van der Waals surface area contributed by atoms with Gasteiger partial charge in [-0.05, 0) is 37.8 Å². The highest BCUT2D eigenvalue weighted by Gasteiger charge is 2.47. The van der Waals surface area contributed by atoms with Crippen LogP contribution in [0.2, 0.25) is 0 Å². The molecule has 1 aromatic carbocycles. The number of hydrogen-bond acceptors (Lipinski definition) is 4. The Morgan fingerprint density at radius 2 is 1.93 bits per heavy atom. The van der Waals surface area contributed by atoms with Gasteiger partial charge in [0.25, 0.3) is 0 Å². The summed E-state index contributed by atoms with van der Waals surface area (Å²) in [7, 11) is 0. The fourth-order valence-corrected chi connectivity index (χ4v) is 4.15. The van der Waals surface area contributed by atoms with Crippen molar-refractivity contribution in [3.63, 3.8) is 0 Å². The minimum atomic E-state index is -2.43. The molecule has 1 aliphatic heterocycles. The van der Waals surface area contributed by atoms with Crippen molar-refractivity contribution in [2.24, 2.45) is 5.92 Å². The Morgan fingerprint density at radius 1 is 1.22 bits per heavy atom. The molecule has 27 heavy (non-hydrogen) atoms. The average Bonchev–Trinajstić information content (AvgIpc) is 3.10. The maximum Gasteiger partial charge on any atom is 0.248 e. The van der Waals surface area contributed by atoms with Crippen molar-refractivity contribution in [3.8, 4) is 11.5 Å². The van der Waals surface area contributed by atoms with E-state index in [4.69, 9.17) is 4.42 Å². The van der Waals surface area contributed by atoms with Gasteiger partial charge in [0.2, 0.25) is 11.8 Å². The van der Waals surface area contributed by atoms with Crippen LogP contribution in [0.15, 0.2) is 41.0 Å². The third-order valence-electron chi connectivity index (χ3n) is 5.87. The summed E-state index contributed by atoms with van der Waals surface area (Å²) >= 11 is 0. The summed E-state index contributed by atoms with van der Waals surface area (Å²) in [6.07, 6.45) is 3.89. The van der Waals surface area contributed by atoms with E-state index in [-0.39, 0.29) is 24.8 Å². The van der Waals surface area contributed by atoms with Crippen LogP contribution in [0.4, 0.5) is 8.78 Å². The second-order valence-corrected chi connectivity index (χ2v) is 8.04. The first-order chi connectivity index (χ1) is 13.0. The van der Waals surface area contributed by atoms with Gasteiger partial charge in [0, 0.05) is 50.1 Å². The molecule has 0 radical (unpaired) electrons. The highest BCUT2D eigenvalue weighted by molar-refractivity contribution is 5.52. The van der Waals surface area contributed by atoms with E-state index in [1.807, 2.05) is 37.3 Å². The molecule has 1 unspecified atom stereocenters. The van der Waals surface area contributed by atoms with Gasteiger partial charge in [0.15, 0.2) is 0 Å². The predicted octanol–water partition coefficient (Wildman–Crippen LogP) is 4.33. The number of aromatic nitrogens is 1. The number of piperidine rings is 1. The second-order valence-electron chi connectivity index (χ2n) is 8.04. The van der Waals surface area contributed by atoms with Gasteiger partial charge in [-0.3, -0.25) is 4.90 Å². The minimum Gasteiger partial charge on any atom is -0.444 e. The van der Waals surface area contributed by atoms with Crippen LogP contribution >= 0.6 is 0 Å². The number of alkyl halides is 2. The summed E-state index contributed by atoms with van der Waals surface area (Å²) < 4.78 is 31.7. The largest absolute Gasteiger partial charge is 0.444 e. The van der Waals surface area contributed by atoms with Gasteiger partial charge in [-0.25, -0.2) is 13.8 Å². The Labute approximate surface area is 159 Å². The van der Waals surface area contributed by atoms with Crippen LogP contribution in [0.1, 0.15) is 38.3 Å². The molecule has 6 heteroatoms. The molecule has 2 heterocycles. The Morgan fingerprint density at radius 3 is 2.59 bits per heavy atom. The van der Waals surface area contributed by atoms with Crippen LogP contribution in [0, 0.1) is 5.92 Å². The third kappa shape index (κ3) is 4.55. The van der Waals surface area contributed by atoms with E-state index in [9.17, 15) is 8.78 Å². The van der Waals surface area contributed by atoms with Gasteiger partial charge >= 0.3 is 0 Å². The predicted molar refractivity (Wildman–Crippen MR) is 101 cm³/mol. The smallest absolute Gasteiger partial charge is 0.248 e. The van der Waals surface area contributed by atoms with Crippen LogP contribution < -0.4 is 5.32 Å². The molecule has 1 N–H and O–H groups in total. The molecular formula is C21H27F2N3O. The summed E-state index contributed by atoms with van der Waals surface area (Å²) in [6.45, 7) is 4.80. The average molecular weight is 375 g/mol. The molecule has 4 nitrogen and oxygen atoms in total. The summed E-state index contributed by atoms with van der Waals surface area (Å²) in [5.74, 6) is -1.65. The Bertz CT molecular complexity index is 733. The van der Waals surface area contributed by atoms with E-state index in [2.05, 4.69) is 15.2 Å². The quantitative estimate of drug-likeness (QED) is 0.816. The van der Waals surface area contributed by atoms with Crippen LogP contribution in [-0.2, 0) is 6.54 Å². The Balaban J connectivity index is 1.22. The summed E-state index contributed by atoms with van der Waals surface area (Å²) in [5.41, 5.74) is 1.94. The van der Waals surface area contributed by atoms with Crippen molar-refractivity contribution < 1.29 is 13.2 Å². The molecule has 1 saturated heterocycles. The monoisotopic (exact) mass is 375 g/mol. The number of halogens is 2. The second kappa shape index (κ2) is 7.68. The molecular weight excluding hydrogens is 348 g/mol. The molecule has 2 aromatic rings. The van der Waals surface area contributed by atoms with E-state index >= 15 is 0 Å². The Kier molecular flexibility index (Phi) is 5.28. The molecule has 0 bridgehead atoms. The molecule has 4 rings (SSSR count). The normalized spacial score (nSPS) is 22.5. The standard InChI is InChI=1S/C21H27F2N3O/c1-15(17-11-21(22,23)12-17)24-18-7-9-26(10-8-18)13-19-14-27-20(25-19)16-5-3-2-4-6-16/h2-6,14-15,17-18,24H,7-13H2,1H3. The molecule has 146 valence electrons. The maximum atomic E-state index is 13.0. The highest BCUT2D eigenvalue weighted by Crippen LogP contribution is 2.44. The number of nitrogens with zero attached hydrogens (tertiary/aromatic N) is 2. The summed E-state index contributed by atoms with van der Waals surface area (Å²) in [5, 5.41) is 3.57. The number of likely N-dealkylation sites (tertiary alicyclic amines) is 1. The lowest BCUT2D eigenvalue weighted by Crippen LogP contribution is -2.51. The van der Waals surface area contributed by atoms with Gasteiger partial charge in [0.1, 0.15) is 6.26 Å². The lowest BCUT2D eigenvalue weighted by molar-refractivity contribution is -0.118. The van der Waals surface area contributed by atoms with E-state index in [1.165, 1.54) is 0 Å². The van der Waals surface area contributed by atoms with Crippen molar-refractivity contribution in [2.75, 3.05) is 13.1 Å². The zero-order valence-electron chi connectivity index (χ0n) is 15.7. The molecule has 1 aromatic heterocycles. The number of hydrogen-bond donors (Lipinski definition) is 1. The van der Waals surface area contributed by atoms with Gasteiger partial charge in [-0.15, -0.1) is 0 Å². The topological polar surface area (TPSA) is 41.3 Å². The fourth-order valence-electron chi connectivity index (χ4n) is 4.15. The summed E-state index contributed by atoms with van der Waals surface area (Å²) in [4.78, 5) is 6.98. The van der Waals surface area contributed by atoms with E-state index in [0.29, 0.717) is 11.9 Å². The summed E-state index contributed by atoms with van der Waals surface area (Å²) in [6, 6.07) is 10.5. The van der Waals surface area contributed by atoms with Crippen molar-refractivity contribution in [3.05, 3.63) is 42.3 Å². The first-order valence-electron chi connectivity index (χ1n) is 9.84. The molecule has 0 spiro atoms. The van der Waals surface area contributed by atoms with E-state index < -0.39 is 5.92 Å². The Hall–Kier alpha value is -1.79. The lowest BCUT2D eigenvalue weighted by atomic mass is 9.76. The van der Waals surface area contributed by atoms with Crippen LogP contribution in [0.25, 0.3) is 11.5 Å². The highest BCUT2D eigenvalue weighted by atomic mass is 19.3. The molecule has 1 saturated carbocycles. The number of benzene rings is 1. The first-order valence-corrected chi connectivity index (χ1v) is 9.84. The zero-order chi connectivity index (χ0) is 18.9. The molecule has 0 amide bonds. The van der Waals surface area contributed by atoms with Gasteiger partial charge in [0.05, 0.1) is 5.69 Å². The minimum absolute atomic E-state index is 0.0376. The molecule has 1 atom stereocenters. The van der Waals surface area contributed by atoms with Crippen LogP contribution in [-0.4, -0.2) is 41.0 Å². The number of rotatable bonds is 6. The maximum absolute atomic E-state index is 13.0.